The molecule has 0 bridgehead atoms. The summed E-state index contributed by atoms with van der Waals surface area (Å²) >= 11 is 6.32. The van der Waals surface area contributed by atoms with Crippen molar-refractivity contribution < 1.29 is 4.74 Å². The monoisotopic (exact) mass is 327 g/mol. The van der Waals surface area contributed by atoms with E-state index in [0.717, 1.165) is 43.3 Å². The molecule has 0 saturated carbocycles. The van der Waals surface area contributed by atoms with Crippen molar-refractivity contribution in [3.8, 4) is 11.8 Å². The van der Waals surface area contributed by atoms with Crippen LogP contribution in [0.2, 0.25) is 5.02 Å². The summed E-state index contributed by atoms with van der Waals surface area (Å²) in [5.41, 5.74) is 2.71. The molecule has 118 valence electrons. The van der Waals surface area contributed by atoms with E-state index in [1.807, 2.05) is 30.3 Å². The molecule has 2 aromatic carbocycles. The summed E-state index contributed by atoms with van der Waals surface area (Å²) in [6.07, 6.45) is 0. The van der Waals surface area contributed by atoms with Crippen LogP contribution in [0.25, 0.3) is 0 Å². The van der Waals surface area contributed by atoms with E-state index in [1.54, 1.807) is 13.2 Å². The van der Waals surface area contributed by atoms with E-state index in [1.165, 1.54) is 0 Å². The zero-order chi connectivity index (χ0) is 16.2. The number of rotatable bonds is 3. The van der Waals surface area contributed by atoms with Gasteiger partial charge in [0, 0.05) is 26.2 Å². The predicted octanol–water partition coefficient (Wildman–Crippen LogP) is 3.55. The molecular formula is C18H18ClN3O. The Hall–Kier alpha value is -2.38. The Morgan fingerprint density at radius 3 is 2.26 bits per heavy atom. The maximum atomic E-state index is 8.93. The first-order chi connectivity index (χ1) is 11.2. The van der Waals surface area contributed by atoms with Gasteiger partial charge in [0.1, 0.15) is 5.75 Å². The molecule has 0 amide bonds. The molecule has 0 aromatic heterocycles. The third-order valence-electron chi connectivity index (χ3n) is 4.12. The molecule has 5 heteroatoms. The number of ether oxygens (including phenoxy) is 1. The van der Waals surface area contributed by atoms with Gasteiger partial charge in [0.15, 0.2) is 0 Å². The van der Waals surface area contributed by atoms with Gasteiger partial charge in [0.25, 0.3) is 0 Å². The van der Waals surface area contributed by atoms with Gasteiger partial charge in [-0.25, -0.2) is 0 Å². The maximum Gasteiger partial charge on any atom is 0.142 e. The van der Waals surface area contributed by atoms with Crippen molar-refractivity contribution in [3.63, 3.8) is 0 Å². The van der Waals surface area contributed by atoms with E-state index in [4.69, 9.17) is 21.6 Å². The molecule has 1 heterocycles. The molecule has 0 N–H and O–H groups in total. The normalized spacial score (nSPS) is 14.5. The number of hydrogen-bond donors (Lipinski definition) is 0. The lowest BCUT2D eigenvalue weighted by molar-refractivity contribution is 0.413. The lowest BCUT2D eigenvalue weighted by Crippen LogP contribution is -2.46. The second kappa shape index (κ2) is 6.80. The largest absolute Gasteiger partial charge is 0.495 e. The summed E-state index contributed by atoms with van der Waals surface area (Å²) in [7, 11) is 1.70. The van der Waals surface area contributed by atoms with Crippen molar-refractivity contribution >= 4 is 23.0 Å². The first kappa shape index (κ1) is 15.5. The van der Waals surface area contributed by atoms with Crippen molar-refractivity contribution in [1.29, 1.82) is 5.26 Å². The van der Waals surface area contributed by atoms with Crippen LogP contribution in [0, 0.1) is 11.3 Å². The van der Waals surface area contributed by atoms with E-state index in [2.05, 4.69) is 21.9 Å². The molecule has 0 radical (unpaired) electrons. The van der Waals surface area contributed by atoms with Gasteiger partial charge in [0.05, 0.1) is 35.1 Å². The van der Waals surface area contributed by atoms with Gasteiger partial charge in [-0.1, -0.05) is 23.7 Å². The molecule has 1 aliphatic rings. The average molecular weight is 328 g/mol. The number of benzene rings is 2. The number of piperazine rings is 1. The van der Waals surface area contributed by atoms with E-state index in [9.17, 15) is 0 Å². The Balaban J connectivity index is 1.73. The molecule has 1 saturated heterocycles. The number of anilines is 2. The third-order valence-corrected chi connectivity index (χ3v) is 4.43. The van der Waals surface area contributed by atoms with Crippen LogP contribution in [0.5, 0.6) is 5.75 Å². The molecule has 0 atom stereocenters. The minimum Gasteiger partial charge on any atom is -0.495 e. The first-order valence-electron chi connectivity index (χ1n) is 7.55. The molecule has 1 fully saturated rings. The number of hydrogen-bond acceptors (Lipinski definition) is 4. The van der Waals surface area contributed by atoms with E-state index >= 15 is 0 Å². The molecule has 23 heavy (non-hydrogen) atoms. The minimum atomic E-state index is 0.589. The SMILES string of the molecule is COc1ccccc1N1CCN(c2ccc(C#N)cc2Cl)CC1. The number of para-hydroxylation sites is 2. The van der Waals surface area contributed by atoms with Gasteiger partial charge >= 0.3 is 0 Å². The summed E-state index contributed by atoms with van der Waals surface area (Å²) in [5.74, 6) is 0.900. The lowest BCUT2D eigenvalue weighted by Gasteiger charge is -2.38. The number of halogens is 1. The Bertz CT molecular complexity index is 733. The summed E-state index contributed by atoms with van der Waals surface area (Å²) in [5, 5.41) is 9.57. The van der Waals surface area contributed by atoms with Gasteiger partial charge in [-0.05, 0) is 30.3 Å². The van der Waals surface area contributed by atoms with Gasteiger partial charge in [-0.2, -0.15) is 5.26 Å². The van der Waals surface area contributed by atoms with Crippen LogP contribution < -0.4 is 14.5 Å². The van der Waals surface area contributed by atoms with Crippen LogP contribution in [0.4, 0.5) is 11.4 Å². The fraction of sp³-hybridized carbons (Fsp3) is 0.278. The van der Waals surface area contributed by atoms with Crippen LogP contribution in [0.15, 0.2) is 42.5 Å². The van der Waals surface area contributed by atoms with Crippen molar-refractivity contribution in [1.82, 2.24) is 0 Å². The predicted molar refractivity (Wildman–Crippen MR) is 93.6 cm³/mol. The van der Waals surface area contributed by atoms with Crippen molar-refractivity contribution in [2.24, 2.45) is 0 Å². The highest BCUT2D eigenvalue weighted by atomic mass is 35.5. The van der Waals surface area contributed by atoms with Crippen LogP contribution in [0.3, 0.4) is 0 Å². The smallest absolute Gasteiger partial charge is 0.142 e. The van der Waals surface area contributed by atoms with Crippen LogP contribution in [-0.2, 0) is 0 Å². The molecule has 0 unspecified atom stereocenters. The second-order valence-corrected chi connectivity index (χ2v) is 5.83. The minimum absolute atomic E-state index is 0.589. The first-order valence-corrected chi connectivity index (χ1v) is 7.93. The quantitative estimate of drug-likeness (QED) is 0.864. The van der Waals surface area contributed by atoms with Crippen LogP contribution in [-0.4, -0.2) is 33.3 Å². The summed E-state index contributed by atoms with van der Waals surface area (Å²) < 4.78 is 5.45. The standard InChI is InChI=1S/C18H18ClN3O/c1-23-18-5-3-2-4-17(18)22-10-8-21(9-11-22)16-7-6-14(13-20)12-15(16)19/h2-7,12H,8-11H2,1H3. The average Bonchev–Trinajstić information content (AvgIpc) is 2.61. The summed E-state index contributed by atoms with van der Waals surface area (Å²) in [6, 6.07) is 15.7. The lowest BCUT2D eigenvalue weighted by atomic mass is 10.1. The van der Waals surface area contributed by atoms with Gasteiger partial charge in [-0.15, -0.1) is 0 Å². The molecule has 2 aromatic rings. The molecule has 3 rings (SSSR count). The van der Waals surface area contributed by atoms with Crippen LogP contribution in [0.1, 0.15) is 5.56 Å². The summed E-state index contributed by atoms with van der Waals surface area (Å²) in [4.78, 5) is 4.59. The molecule has 0 aliphatic carbocycles. The Morgan fingerprint density at radius 2 is 1.65 bits per heavy atom. The molecular weight excluding hydrogens is 310 g/mol. The second-order valence-electron chi connectivity index (χ2n) is 5.42. The Labute approximate surface area is 141 Å². The van der Waals surface area contributed by atoms with Gasteiger partial charge in [0.2, 0.25) is 0 Å². The number of nitrogens with zero attached hydrogens (tertiary/aromatic N) is 3. The Kier molecular flexibility index (Phi) is 4.59. The highest BCUT2D eigenvalue weighted by Crippen LogP contribution is 2.31. The topological polar surface area (TPSA) is 39.5 Å². The molecule has 1 aliphatic heterocycles. The van der Waals surface area contributed by atoms with Crippen molar-refractivity contribution in [2.45, 2.75) is 0 Å². The highest BCUT2D eigenvalue weighted by molar-refractivity contribution is 6.33. The zero-order valence-electron chi connectivity index (χ0n) is 13.0. The van der Waals surface area contributed by atoms with E-state index in [0.29, 0.717) is 10.6 Å². The fourth-order valence-corrected chi connectivity index (χ4v) is 3.21. The van der Waals surface area contributed by atoms with Crippen molar-refractivity contribution in [3.05, 3.63) is 53.1 Å². The number of nitriles is 1. The molecule has 4 nitrogen and oxygen atoms in total. The van der Waals surface area contributed by atoms with E-state index < -0.39 is 0 Å². The van der Waals surface area contributed by atoms with Gasteiger partial charge in [-0.3, -0.25) is 0 Å². The summed E-state index contributed by atoms with van der Waals surface area (Å²) in [6.45, 7) is 3.56. The molecule has 0 spiro atoms. The number of methoxy groups -OCH3 is 1. The highest BCUT2D eigenvalue weighted by Gasteiger charge is 2.21. The van der Waals surface area contributed by atoms with Crippen LogP contribution >= 0.6 is 11.6 Å². The fourth-order valence-electron chi connectivity index (χ4n) is 2.91. The maximum absolute atomic E-state index is 8.93. The van der Waals surface area contributed by atoms with Crippen molar-refractivity contribution in [2.75, 3.05) is 43.1 Å². The van der Waals surface area contributed by atoms with E-state index in [-0.39, 0.29) is 0 Å². The third kappa shape index (κ3) is 3.20. The zero-order valence-corrected chi connectivity index (χ0v) is 13.8. The Morgan fingerprint density at radius 1 is 1.00 bits per heavy atom. The van der Waals surface area contributed by atoms with Gasteiger partial charge < -0.3 is 14.5 Å².